The van der Waals surface area contributed by atoms with Gasteiger partial charge in [-0.15, -0.1) is 0 Å². The summed E-state index contributed by atoms with van der Waals surface area (Å²) in [5.74, 6) is 0. The molecule has 1 aliphatic carbocycles. The molecular formula is C11H21F3N2. The lowest BCUT2D eigenvalue weighted by Crippen LogP contribution is -2.38. The van der Waals surface area contributed by atoms with E-state index >= 15 is 0 Å². The lowest BCUT2D eigenvalue weighted by molar-refractivity contribution is -0.139. The smallest absolute Gasteiger partial charge is 0.311 e. The molecule has 0 amide bonds. The Labute approximate surface area is 95.2 Å². The molecule has 0 heterocycles. The fourth-order valence-corrected chi connectivity index (χ4v) is 2.39. The molecule has 0 aliphatic heterocycles. The summed E-state index contributed by atoms with van der Waals surface area (Å²) in [7, 11) is 4.04. The van der Waals surface area contributed by atoms with Crippen molar-refractivity contribution < 1.29 is 13.2 Å². The van der Waals surface area contributed by atoms with Crippen molar-refractivity contribution in [2.45, 2.75) is 56.9 Å². The van der Waals surface area contributed by atoms with Gasteiger partial charge in [0.1, 0.15) is 0 Å². The van der Waals surface area contributed by atoms with Crippen molar-refractivity contribution in [2.24, 2.45) is 0 Å². The number of halogens is 3. The summed E-state index contributed by atoms with van der Waals surface area (Å²) in [4.78, 5) is 2.15. The van der Waals surface area contributed by atoms with Crippen LogP contribution in [0.25, 0.3) is 0 Å². The predicted octanol–water partition coefficient (Wildman–Crippen LogP) is 2.40. The predicted molar refractivity (Wildman–Crippen MR) is 58.4 cm³/mol. The van der Waals surface area contributed by atoms with E-state index in [1.165, 1.54) is 0 Å². The van der Waals surface area contributed by atoms with Gasteiger partial charge in [0, 0.05) is 18.1 Å². The first-order valence-corrected chi connectivity index (χ1v) is 5.77. The molecule has 0 bridgehead atoms. The van der Waals surface area contributed by atoms with Gasteiger partial charge < -0.3 is 10.2 Å². The molecule has 1 aliphatic rings. The molecule has 0 aromatic carbocycles. The minimum absolute atomic E-state index is 0.241. The van der Waals surface area contributed by atoms with E-state index in [1.54, 1.807) is 6.92 Å². The minimum atomic E-state index is -4.06. The van der Waals surface area contributed by atoms with Gasteiger partial charge in [0.25, 0.3) is 0 Å². The summed E-state index contributed by atoms with van der Waals surface area (Å²) in [6.45, 7) is 1.61. The lowest BCUT2D eigenvalue weighted by Gasteiger charge is -2.22. The topological polar surface area (TPSA) is 15.3 Å². The summed E-state index contributed by atoms with van der Waals surface area (Å²) < 4.78 is 36.4. The molecule has 3 atom stereocenters. The van der Waals surface area contributed by atoms with Crippen LogP contribution in [-0.4, -0.2) is 43.3 Å². The van der Waals surface area contributed by atoms with E-state index in [2.05, 4.69) is 10.2 Å². The number of alkyl halides is 3. The third kappa shape index (κ3) is 4.70. The molecule has 0 spiro atoms. The molecule has 16 heavy (non-hydrogen) atoms. The fraction of sp³-hybridized carbons (Fsp3) is 1.00. The SMILES string of the molecule is CC(CC(F)(F)F)NC1CCC(N(C)C)C1. The van der Waals surface area contributed by atoms with Crippen molar-refractivity contribution in [3.8, 4) is 0 Å². The lowest BCUT2D eigenvalue weighted by atomic mass is 10.1. The van der Waals surface area contributed by atoms with Gasteiger partial charge in [-0.25, -0.2) is 0 Å². The molecule has 1 rings (SSSR count). The monoisotopic (exact) mass is 238 g/mol. The molecule has 2 nitrogen and oxygen atoms in total. The van der Waals surface area contributed by atoms with Gasteiger partial charge in [-0.05, 0) is 40.3 Å². The Hall–Kier alpha value is -0.290. The third-order valence-corrected chi connectivity index (χ3v) is 3.19. The Kier molecular flexibility index (Phi) is 4.62. The van der Waals surface area contributed by atoms with Crippen molar-refractivity contribution in [2.75, 3.05) is 14.1 Å². The van der Waals surface area contributed by atoms with E-state index in [4.69, 9.17) is 0 Å². The molecule has 1 saturated carbocycles. The normalized spacial score (nSPS) is 28.7. The van der Waals surface area contributed by atoms with Gasteiger partial charge >= 0.3 is 6.18 Å². The van der Waals surface area contributed by atoms with Crippen LogP contribution < -0.4 is 5.32 Å². The highest BCUT2D eigenvalue weighted by Gasteiger charge is 2.32. The van der Waals surface area contributed by atoms with Gasteiger partial charge in [-0.1, -0.05) is 0 Å². The Morgan fingerprint density at radius 3 is 2.38 bits per heavy atom. The maximum Gasteiger partial charge on any atom is 0.390 e. The molecule has 1 fully saturated rings. The Bertz CT molecular complexity index is 216. The summed E-state index contributed by atoms with van der Waals surface area (Å²) in [5, 5.41) is 3.07. The molecule has 0 saturated heterocycles. The fourth-order valence-electron chi connectivity index (χ4n) is 2.39. The van der Waals surface area contributed by atoms with Crippen molar-refractivity contribution >= 4 is 0 Å². The molecule has 0 radical (unpaired) electrons. The number of nitrogens with one attached hydrogen (secondary N) is 1. The largest absolute Gasteiger partial charge is 0.390 e. The molecule has 5 heteroatoms. The molecule has 3 unspecified atom stereocenters. The second-order valence-electron chi connectivity index (χ2n) is 5.01. The van der Waals surface area contributed by atoms with Crippen molar-refractivity contribution in [3.05, 3.63) is 0 Å². The van der Waals surface area contributed by atoms with E-state index in [-0.39, 0.29) is 6.04 Å². The highest BCUT2D eigenvalue weighted by Crippen LogP contribution is 2.25. The van der Waals surface area contributed by atoms with Crippen LogP contribution in [0, 0.1) is 0 Å². The average molecular weight is 238 g/mol. The standard InChI is InChI=1S/C11H21F3N2/c1-8(7-11(12,13)14)15-9-4-5-10(6-9)16(2)3/h8-10,15H,4-7H2,1-3H3. The van der Waals surface area contributed by atoms with Crippen LogP contribution >= 0.6 is 0 Å². The van der Waals surface area contributed by atoms with Crippen LogP contribution in [0.15, 0.2) is 0 Å². The van der Waals surface area contributed by atoms with Crippen LogP contribution in [0.2, 0.25) is 0 Å². The van der Waals surface area contributed by atoms with Crippen LogP contribution in [0.3, 0.4) is 0 Å². The second kappa shape index (κ2) is 5.36. The summed E-state index contributed by atoms with van der Waals surface area (Å²) >= 11 is 0. The van der Waals surface area contributed by atoms with E-state index in [0.29, 0.717) is 6.04 Å². The maximum absolute atomic E-state index is 12.1. The van der Waals surface area contributed by atoms with Crippen LogP contribution in [-0.2, 0) is 0 Å². The zero-order valence-electron chi connectivity index (χ0n) is 10.1. The quantitative estimate of drug-likeness (QED) is 0.809. The van der Waals surface area contributed by atoms with Crippen LogP contribution in [0.5, 0.6) is 0 Å². The number of hydrogen-bond donors (Lipinski definition) is 1. The average Bonchev–Trinajstić information content (AvgIpc) is 2.48. The highest BCUT2D eigenvalue weighted by atomic mass is 19.4. The Balaban J connectivity index is 2.28. The van der Waals surface area contributed by atoms with E-state index in [1.807, 2.05) is 14.1 Å². The second-order valence-corrected chi connectivity index (χ2v) is 5.01. The highest BCUT2D eigenvalue weighted by molar-refractivity contribution is 4.86. The molecular weight excluding hydrogens is 217 g/mol. The van der Waals surface area contributed by atoms with Crippen molar-refractivity contribution in [1.82, 2.24) is 10.2 Å². The summed E-state index contributed by atoms with van der Waals surface area (Å²) in [5.41, 5.74) is 0. The van der Waals surface area contributed by atoms with E-state index < -0.39 is 18.6 Å². The minimum Gasteiger partial charge on any atom is -0.311 e. The number of nitrogens with zero attached hydrogens (tertiary/aromatic N) is 1. The Morgan fingerprint density at radius 2 is 1.94 bits per heavy atom. The first-order valence-electron chi connectivity index (χ1n) is 5.77. The van der Waals surface area contributed by atoms with Gasteiger partial charge in [-0.3, -0.25) is 0 Å². The zero-order valence-corrected chi connectivity index (χ0v) is 10.1. The van der Waals surface area contributed by atoms with E-state index in [0.717, 1.165) is 19.3 Å². The van der Waals surface area contributed by atoms with Crippen LogP contribution in [0.1, 0.15) is 32.6 Å². The molecule has 96 valence electrons. The zero-order chi connectivity index (χ0) is 12.3. The molecule has 1 N–H and O–H groups in total. The van der Waals surface area contributed by atoms with Gasteiger partial charge in [-0.2, -0.15) is 13.2 Å². The first-order chi connectivity index (χ1) is 7.28. The number of rotatable bonds is 4. The van der Waals surface area contributed by atoms with Gasteiger partial charge in [0.2, 0.25) is 0 Å². The van der Waals surface area contributed by atoms with Crippen LogP contribution in [0.4, 0.5) is 13.2 Å². The van der Waals surface area contributed by atoms with E-state index in [9.17, 15) is 13.2 Å². The maximum atomic E-state index is 12.1. The first kappa shape index (κ1) is 13.8. The summed E-state index contributed by atoms with van der Waals surface area (Å²) in [6, 6.07) is 0.270. The van der Waals surface area contributed by atoms with Gasteiger partial charge in [0.05, 0.1) is 6.42 Å². The molecule has 0 aromatic rings. The summed E-state index contributed by atoms with van der Waals surface area (Å²) in [6.07, 6.45) is -1.80. The Morgan fingerprint density at radius 1 is 1.31 bits per heavy atom. The van der Waals surface area contributed by atoms with Gasteiger partial charge in [0.15, 0.2) is 0 Å². The van der Waals surface area contributed by atoms with Crippen molar-refractivity contribution in [1.29, 1.82) is 0 Å². The third-order valence-electron chi connectivity index (χ3n) is 3.19. The molecule has 0 aromatic heterocycles. The van der Waals surface area contributed by atoms with Crippen molar-refractivity contribution in [3.63, 3.8) is 0 Å². The number of hydrogen-bond acceptors (Lipinski definition) is 2.